The van der Waals surface area contributed by atoms with Gasteiger partial charge in [-0.05, 0) is 6.42 Å². The summed E-state index contributed by atoms with van der Waals surface area (Å²) in [6.07, 6.45) is -3.46. The van der Waals surface area contributed by atoms with Crippen molar-refractivity contribution in [3.63, 3.8) is 0 Å². The Morgan fingerprint density at radius 1 is 1.53 bits per heavy atom. The Morgan fingerprint density at radius 3 is 2.73 bits per heavy atom. The molecule has 0 aromatic rings. The van der Waals surface area contributed by atoms with Gasteiger partial charge in [-0.25, -0.2) is 0 Å². The summed E-state index contributed by atoms with van der Waals surface area (Å²) >= 11 is 1.42. The Hall–Kier alpha value is 0.400. The standard InChI is InChI=1S/C8H14F3IN2O/c9-8(10,11)7(12)14-3-1-6(5-14)13-2-4-15/h6-7,13,15H,1-5H2. The van der Waals surface area contributed by atoms with E-state index >= 15 is 0 Å². The van der Waals surface area contributed by atoms with Crippen LogP contribution in [0.5, 0.6) is 0 Å². The average molecular weight is 338 g/mol. The van der Waals surface area contributed by atoms with Crippen LogP contribution in [0.25, 0.3) is 0 Å². The van der Waals surface area contributed by atoms with E-state index in [0.29, 0.717) is 26.1 Å². The first-order valence-electron chi connectivity index (χ1n) is 4.74. The SMILES string of the molecule is OCCNC1CCN(C(I)C(F)(F)F)C1. The summed E-state index contributed by atoms with van der Waals surface area (Å²) in [6, 6.07) is 0.0664. The molecule has 0 spiro atoms. The number of aliphatic hydroxyl groups is 1. The molecule has 0 radical (unpaired) electrons. The Balaban J connectivity index is 2.35. The maximum absolute atomic E-state index is 12.4. The predicted molar refractivity (Wildman–Crippen MR) is 58.9 cm³/mol. The molecule has 1 fully saturated rings. The molecule has 0 amide bonds. The third-order valence-corrected chi connectivity index (χ3v) is 3.85. The molecule has 1 heterocycles. The molecule has 0 aliphatic carbocycles. The summed E-state index contributed by atoms with van der Waals surface area (Å²) in [5.41, 5.74) is 0. The molecule has 3 nitrogen and oxygen atoms in total. The van der Waals surface area contributed by atoms with Crippen LogP contribution in [0.3, 0.4) is 0 Å². The van der Waals surface area contributed by atoms with Crippen LogP contribution in [0.1, 0.15) is 6.42 Å². The van der Waals surface area contributed by atoms with Crippen molar-refractivity contribution in [3.05, 3.63) is 0 Å². The zero-order chi connectivity index (χ0) is 11.5. The fourth-order valence-electron chi connectivity index (χ4n) is 1.64. The second kappa shape index (κ2) is 5.65. The Kier molecular flexibility index (Phi) is 5.07. The lowest BCUT2D eigenvalue weighted by Crippen LogP contribution is -2.42. The fourth-order valence-corrected chi connectivity index (χ4v) is 2.14. The second-order valence-corrected chi connectivity index (χ2v) is 4.72. The Bertz CT molecular complexity index is 203. The minimum atomic E-state index is -4.16. The maximum Gasteiger partial charge on any atom is 0.413 e. The molecule has 7 heteroatoms. The first-order chi connectivity index (χ1) is 6.95. The van der Waals surface area contributed by atoms with Crippen LogP contribution in [0.4, 0.5) is 13.2 Å². The van der Waals surface area contributed by atoms with E-state index in [2.05, 4.69) is 5.32 Å². The van der Waals surface area contributed by atoms with Gasteiger partial charge in [0.05, 0.1) is 6.61 Å². The van der Waals surface area contributed by atoms with Gasteiger partial charge in [-0.1, -0.05) is 22.6 Å². The lowest BCUT2D eigenvalue weighted by Gasteiger charge is -2.24. The van der Waals surface area contributed by atoms with Gasteiger partial charge in [-0.15, -0.1) is 0 Å². The number of aliphatic hydroxyl groups excluding tert-OH is 1. The summed E-state index contributed by atoms with van der Waals surface area (Å²) in [5, 5.41) is 11.6. The molecule has 2 atom stereocenters. The van der Waals surface area contributed by atoms with E-state index in [-0.39, 0.29) is 12.6 Å². The summed E-state index contributed by atoms with van der Waals surface area (Å²) in [6.45, 7) is 1.31. The molecule has 15 heavy (non-hydrogen) atoms. The lowest BCUT2D eigenvalue weighted by atomic mass is 10.3. The van der Waals surface area contributed by atoms with Gasteiger partial charge in [0.1, 0.15) is 0 Å². The summed E-state index contributed by atoms with van der Waals surface area (Å²) in [4.78, 5) is 1.41. The monoisotopic (exact) mass is 338 g/mol. The van der Waals surface area contributed by atoms with Crippen LogP contribution < -0.4 is 5.32 Å². The number of halogens is 4. The van der Waals surface area contributed by atoms with Crippen LogP contribution in [0.15, 0.2) is 0 Å². The molecule has 1 aliphatic heterocycles. The van der Waals surface area contributed by atoms with Gasteiger partial charge in [0.2, 0.25) is 0 Å². The third kappa shape index (κ3) is 4.04. The zero-order valence-corrected chi connectivity index (χ0v) is 10.3. The van der Waals surface area contributed by atoms with E-state index in [0.717, 1.165) is 0 Å². The highest BCUT2D eigenvalue weighted by molar-refractivity contribution is 14.1. The van der Waals surface area contributed by atoms with E-state index in [9.17, 15) is 13.2 Å². The van der Waals surface area contributed by atoms with Crippen molar-refractivity contribution >= 4 is 22.6 Å². The first-order valence-corrected chi connectivity index (χ1v) is 5.99. The normalized spacial score (nSPS) is 25.8. The van der Waals surface area contributed by atoms with Crippen LogP contribution in [0, 0.1) is 0 Å². The molecule has 0 bridgehead atoms. The average Bonchev–Trinajstić information content (AvgIpc) is 2.60. The van der Waals surface area contributed by atoms with E-state index in [1.165, 1.54) is 27.5 Å². The lowest BCUT2D eigenvalue weighted by molar-refractivity contribution is -0.150. The number of nitrogens with one attached hydrogen (secondary N) is 1. The molecule has 0 aromatic heterocycles. The van der Waals surface area contributed by atoms with Crippen LogP contribution in [-0.4, -0.2) is 52.5 Å². The highest BCUT2D eigenvalue weighted by Gasteiger charge is 2.43. The number of likely N-dealkylation sites (tertiary alicyclic amines) is 1. The number of alkyl halides is 4. The van der Waals surface area contributed by atoms with Crippen molar-refractivity contribution in [1.82, 2.24) is 10.2 Å². The largest absolute Gasteiger partial charge is 0.413 e. The van der Waals surface area contributed by atoms with E-state index in [1.54, 1.807) is 0 Å². The van der Waals surface area contributed by atoms with Crippen molar-refractivity contribution in [2.75, 3.05) is 26.2 Å². The molecule has 1 saturated heterocycles. The van der Waals surface area contributed by atoms with Gasteiger partial charge in [0.25, 0.3) is 0 Å². The number of hydrogen-bond donors (Lipinski definition) is 2. The third-order valence-electron chi connectivity index (χ3n) is 2.36. The predicted octanol–water partition coefficient (Wildman–Crippen LogP) is 0.966. The molecule has 2 unspecified atom stereocenters. The summed E-state index contributed by atoms with van der Waals surface area (Å²) < 4.78 is 35.7. The summed E-state index contributed by atoms with van der Waals surface area (Å²) in [5.74, 6) is 0. The molecular weight excluding hydrogens is 324 g/mol. The smallest absolute Gasteiger partial charge is 0.395 e. The van der Waals surface area contributed by atoms with Gasteiger partial charge >= 0.3 is 6.18 Å². The molecule has 1 rings (SSSR count). The van der Waals surface area contributed by atoms with Crippen molar-refractivity contribution in [2.24, 2.45) is 0 Å². The van der Waals surface area contributed by atoms with Crippen LogP contribution >= 0.6 is 22.6 Å². The van der Waals surface area contributed by atoms with Crippen molar-refractivity contribution in [2.45, 2.75) is 22.7 Å². The maximum atomic E-state index is 12.4. The van der Waals surface area contributed by atoms with Gasteiger partial charge in [-0.2, -0.15) is 13.2 Å². The minimum Gasteiger partial charge on any atom is -0.395 e. The molecule has 90 valence electrons. The number of hydrogen-bond acceptors (Lipinski definition) is 3. The quantitative estimate of drug-likeness (QED) is 0.456. The highest BCUT2D eigenvalue weighted by atomic mass is 127. The first kappa shape index (κ1) is 13.5. The van der Waals surface area contributed by atoms with E-state index in [4.69, 9.17) is 5.11 Å². The Labute approximate surface area is 100 Å². The fraction of sp³-hybridized carbons (Fsp3) is 1.00. The Morgan fingerprint density at radius 2 is 2.20 bits per heavy atom. The topological polar surface area (TPSA) is 35.5 Å². The zero-order valence-electron chi connectivity index (χ0n) is 8.10. The van der Waals surface area contributed by atoms with Crippen molar-refractivity contribution in [3.8, 4) is 0 Å². The molecule has 1 aliphatic rings. The molecule has 0 aromatic carbocycles. The van der Waals surface area contributed by atoms with Gasteiger partial charge in [-0.3, -0.25) is 4.90 Å². The molecule has 2 N–H and O–H groups in total. The minimum absolute atomic E-state index is 0.0173. The van der Waals surface area contributed by atoms with Crippen molar-refractivity contribution in [1.29, 1.82) is 0 Å². The molecule has 0 saturated carbocycles. The summed E-state index contributed by atoms with van der Waals surface area (Å²) in [7, 11) is 0. The number of rotatable bonds is 4. The number of nitrogens with zero attached hydrogens (tertiary/aromatic N) is 1. The van der Waals surface area contributed by atoms with Crippen LogP contribution in [0.2, 0.25) is 0 Å². The second-order valence-electron chi connectivity index (χ2n) is 3.54. The van der Waals surface area contributed by atoms with E-state index in [1.807, 2.05) is 0 Å². The van der Waals surface area contributed by atoms with Crippen LogP contribution in [-0.2, 0) is 0 Å². The van der Waals surface area contributed by atoms with Gasteiger partial charge < -0.3 is 10.4 Å². The molecular formula is C8H14F3IN2O. The highest BCUT2D eigenvalue weighted by Crippen LogP contribution is 2.31. The van der Waals surface area contributed by atoms with Gasteiger partial charge in [0.15, 0.2) is 4.05 Å². The van der Waals surface area contributed by atoms with E-state index < -0.39 is 10.2 Å². The van der Waals surface area contributed by atoms with Crippen molar-refractivity contribution < 1.29 is 18.3 Å². The van der Waals surface area contributed by atoms with Gasteiger partial charge in [0, 0.05) is 25.7 Å².